The van der Waals surface area contributed by atoms with Gasteiger partial charge in [-0.3, -0.25) is 9.03 Å². The van der Waals surface area contributed by atoms with Gasteiger partial charge in [0.2, 0.25) is 10.0 Å². The van der Waals surface area contributed by atoms with Gasteiger partial charge in [0.15, 0.2) is 0 Å². The number of aryl methyl sites for hydroxylation is 1. The first-order valence-electron chi connectivity index (χ1n) is 8.65. The Morgan fingerprint density at radius 2 is 1.85 bits per heavy atom. The van der Waals surface area contributed by atoms with E-state index in [2.05, 4.69) is 20.7 Å². The fourth-order valence-corrected chi connectivity index (χ4v) is 6.80. The molecule has 2 aromatic carbocycles. The fourth-order valence-electron chi connectivity index (χ4n) is 3.13. The van der Waals surface area contributed by atoms with E-state index in [9.17, 15) is 16.8 Å². The van der Waals surface area contributed by atoms with Crippen molar-refractivity contribution in [3.05, 3.63) is 52.5 Å². The second-order valence-corrected chi connectivity index (χ2v) is 10.9. The number of anilines is 2. The number of rotatable bonds is 6. The van der Waals surface area contributed by atoms with Crippen LogP contribution in [-0.4, -0.2) is 29.1 Å². The zero-order chi connectivity index (χ0) is 19.7. The summed E-state index contributed by atoms with van der Waals surface area (Å²) < 4.78 is 55.0. The minimum Gasteiger partial charge on any atom is -0.280 e. The molecule has 27 heavy (non-hydrogen) atoms. The van der Waals surface area contributed by atoms with E-state index in [1.54, 1.807) is 36.4 Å². The predicted octanol–water partition coefficient (Wildman–Crippen LogP) is 3.74. The SMILES string of the molecule is CCCS(=O)(=O)N1CCCc2ccc(NS(=O)(=O)c3ccccc3Br)cc21. The highest BCUT2D eigenvalue weighted by molar-refractivity contribution is 9.10. The van der Waals surface area contributed by atoms with Crippen LogP contribution in [0.2, 0.25) is 0 Å². The molecule has 1 aliphatic rings. The summed E-state index contributed by atoms with van der Waals surface area (Å²) in [7, 11) is -7.22. The molecule has 0 fully saturated rings. The van der Waals surface area contributed by atoms with Crippen molar-refractivity contribution >= 4 is 47.4 Å². The molecule has 9 heteroatoms. The summed E-state index contributed by atoms with van der Waals surface area (Å²) in [5.74, 6) is 0.0688. The fraction of sp³-hybridized carbons (Fsp3) is 0.333. The van der Waals surface area contributed by atoms with Gasteiger partial charge >= 0.3 is 0 Å². The van der Waals surface area contributed by atoms with Crippen molar-refractivity contribution in [3.63, 3.8) is 0 Å². The number of halogens is 1. The number of fused-ring (bicyclic) bond motifs is 1. The number of hydrogen-bond donors (Lipinski definition) is 1. The first-order chi connectivity index (χ1) is 12.7. The number of benzene rings is 2. The van der Waals surface area contributed by atoms with Crippen LogP contribution in [0.3, 0.4) is 0 Å². The highest BCUT2D eigenvalue weighted by Crippen LogP contribution is 2.33. The standard InChI is InChI=1S/C18H21BrN2O4S2/c1-2-12-26(22,23)21-11-5-6-14-9-10-15(13-17(14)21)20-27(24,25)18-8-4-3-7-16(18)19/h3-4,7-10,13,20H,2,5-6,11-12H2,1H3. The Bertz CT molecular complexity index is 1050. The van der Waals surface area contributed by atoms with Crippen LogP contribution in [0.1, 0.15) is 25.3 Å². The summed E-state index contributed by atoms with van der Waals surface area (Å²) in [4.78, 5) is 0.123. The van der Waals surface area contributed by atoms with Crippen molar-refractivity contribution in [2.24, 2.45) is 0 Å². The zero-order valence-corrected chi connectivity index (χ0v) is 18.1. The van der Waals surface area contributed by atoms with Crippen molar-refractivity contribution < 1.29 is 16.8 Å². The Labute approximate surface area is 168 Å². The third-order valence-corrected chi connectivity index (χ3v) is 8.71. The van der Waals surface area contributed by atoms with Crippen LogP contribution in [0.4, 0.5) is 11.4 Å². The third kappa shape index (κ3) is 4.30. The van der Waals surface area contributed by atoms with Crippen LogP contribution in [0, 0.1) is 0 Å². The maximum Gasteiger partial charge on any atom is 0.263 e. The molecule has 1 heterocycles. The smallest absolute Gasteiger partial charge is 0.263 e. The molecule has 1 aliphatic heterocycles. The molecule has 0 amide bonds. The minimum atomic E-state index is -3.80. The Balaban J connectivity index is 1.97. The van der Waals surface area contributed by atoms with Gasteiger partial charge < -0.3 is 0 Å². The normalized spacial score (nSPS) is 14.7. The average Bonchev–Trinajstić information content (AvgIpc) is 2.61. The molecule has 0 aromatic heterocycles. The Hall–Kier alpha value is -1.58. The minimum absolute atomic E-state index is 0.0688. The third-order valence-electron chi connectivity index (χ3n) is 4.34. The molecule has 0 bridgehead atoms. The van der Waals surface area contributed by atoms with E-state index < -0.39 is 20.0 Å². The molecule has 1 N–H and O–H groups in total. The van der Waals surface area contributed by atoms with Gasteiger partial charge in [-0.15, -0.1) is 0 Å². The molecule has 146 valence electrons. The van der Waals surface area contributed by atoms with Gasteiger partial charge in [0.1, 0.15) is 4.90 Å². The van der Waals surface area contributed by atoms with Gasteiger partial charge in [-0.2, -0.15) is 0 Å². The molecule has 0 saturated heterocycles. The van der Waals surface area contributed by atoms with Crippen molar-refractivity contribution in [2.75, 3.05) is 21.3 Å². The largest absolute Gasteiger partial charge is 0.280 e. The molecule has 0 aliphatic carbocycles. The first-order valence-corrected chi connectivity index (χ1v) is 12.5. The number of nitrogens with zero attached hydrogens (tertiary/aromatic N) is 1. The maximum absolute atomic E-state index is 12.7. The van der Waals surface area contributed by atoms with Crippen LogP contribution in [-0.2, 0) is 26.5 Å². The van der Waals surface area contributed by atoms with E-state index in [1.165, 1.54) is 10.4 Å². The molecule has 0 saturated carbocycles. The van der Waals surface area contributed by atoms with E-state index >= 15 is 0 Å². The molecule has 6 nitrogen and oxygen atoms in total. The van der Waals surface area contributed by atoms with Crippen molar-refractivity contribution in [2.45, 2.75) is 31.1 Å². The molecule has 0 unspecified atom stereocenters. The molecule has 3 rings (SSSR count). The van der Waals surface area contributed by atoms with Gasteiger partial charge in [0.25, 0.3) is 10.0 Å². The topological polar surface area (TPSA) is 83.6 Å². The van der Waals surface area contributed by atoms with E-state index in [0.29, 0.717) is 28.8 Å². The van der Waals surface area contributed by atoms with E-state index in [1.807, 2.05) is 6.92 Å². The average molecular weight is 473 g/mol. The lowest BCUT2D eigenvalue weighted by atomic mass is 10.0. The van der Waals surface area contributed by atoms with Crippen LogP contribution in [0.25, 0.3) is 0 Å². The molecule has 0 spiro atoms. The Morgan fingerprint density at radius 3 is 2.56 bits per heavy atom. The lowest BCUT2D eigenvalue weighted by molar-refractivity contribution is 0.585. The second kappa shape index (κ2) is 7.81. The zero-order valence-electron chi connectivity index (χ0n) is 14.9. The second-order valence-electron chi connectivity index (χ2n) is 6.37. The summed E-state index contributed by atoms with van der Waals surface area (Å²) in [6, 6.07) is 11.6. The van der Waals surface area contributed by atoms with Crippen molar-refractivity contribution in [3.8, 4) is 0 Å². The molecule has 2 aromatic rings. The number of sulfonamides is 2. The quantitative estimate of drug-likeness (QED) is 0.693. The highest BCUT2D eigenvalue weighted by Gasteiger charge is 2.27. The van der Waals surface area contributed by atoms with Gasteiger partial charge in [0.05, 0.1) is 17.1 Å². The first kappa shape index (κ1) is 20.2. The van der Waals surface area contributed by atoms with Crippen molar-refractivity contribution in [1.29, 1.82) is 0 Å². The Morgan fingerprint density at radius 1 is 1.11 bits per heavy atom. The molecular formula is C18H21BrN2O4S2. The van der Waals surface area contributed by atoms with E-state index in [-0.39, 0.29) is 10.6 Å². The van der Waals surface area contributed by atoms with Gasteiger partial charge in [-0.1, -0.05) is 25.1 Å². The predicted molar refractivity (Wildman–Crippen MR) is 111 cm³/mol. The summed E-state index contributed by atoms with van der Waals surface area (Å²) in [5, 5.41) is 0. The Kier molecular flexibility index (Phi) is 5.83. The van der Waals surface area contributed by atoms with Crippen LogP contribution < -0.4 is 9.03 Å². The molecule has 0 atom stereocenters. The number of hydrogen-bond acceptors (Lipinski definition) is 4. The number of nitrogens with one attached hydrogen (secondary N) is 1. The monoisotopic (exact) mass is 472 g/mol. The summed E-state index contributed by atoms with van der Waals surface area (Å²) in [6.45, 7) is 2.24. The summed E-state index contributed by atoms with van der Waals surface area (Å²) in [6.07, 6.45) is 2.05. The van der Waals surface area contributed by atoms with Crippen molar-refractivity contribution in [1.82, 2.24) is 0 Å². The summed E-state index contributed by atoms with van der Waals surface area (Å²) >= 11 is 3.25. The molecular weight excluding hydrogens is 452 g/mol. The van der Waals surface area contributed by atoms with Gasteiger partial charge in [0, 0.05) is 11.0 Å². The molecule has 0 radical (unpaired) electrons. The van der Waals surface area contributed by atoms with Crippen LogP contribution >= 0.6 is 15.9 Å². The lowest BCUT2D eigenvalue weighted by Crippen LogP contribution is -2.37. The van der Waals surface area contributed by atoms with Gasteiger partial charge in [-0.25, -0.2) is 16.8 Å². The summed E-state index contributed by atoms with van der Waals surface area (Å²) in [5.41, 5.74) is 1.80. The van der Waals surface area contributed by atoms with E-state index in [0.717, 1.165) is 18.4 Å². The van der Waals surface area contributed by atoms with Crippen LogP contribution in [0.5, 0.6) is 0 Å². The van der Waals surface area contributed by atoms with Gasteiger partial charge in [-0.05, 0) is 65.0 Å². The maximum atomic E-state index is 12.7. The van der Waals surface area contributed by atoms with Crippen LogP contribution in [0.15, 0.2) is 51.8 Å². The van der Waals surface area contributed by atoms with E-state index in [4.69, 9.17) is 0 Å². The lowest BCUT2D eigenvalue weighted by Gasteiger charge is -2.31. The highest BCUT2D eigenvalue weighted by atomic mass is 79.9.